The Labute approximate surface area is 120 Å². The molecule has 5 atom stereocenters. The number of rotatable bonds is 6. The Hall–Kier alpha value is -1.16. The predicted molar refractivity (Wildman–Crippen MR) is 74.8 cm³/mol. The van der Waals surface area contributed by atoms with Crippen LogP contribution in [0.1, 0.15) is 39.0 Å². The highest BCUT2D eigenvalue weighted by molar-refractivity contribution is 6.05. The Kier molecular flexibility index (Phi) is 3.67. The lowest BCUT2D eigenvalue weighted by Crippen LogP contribution is -2.36. The number of ether oxygens (including phenoxy) is 1. The summed E-state index contributed by atoms with van der Waals surface area (Å²) in [6, 6.07) is 0. The van der Waals surface area contributed by atoms with E-state index < -0.39 is 0 Å². The van der Waals surface area contributed by atoms with Crippen LogP contribution in [0.15, 0.2) is 12.7 Å². The molecule has 0 radical (unpaired) electrons. The van der Waals surface area contributed by atoms with Crippen molar-refractivity contribution >= 4 is 11.8 Å². The Morgan fingerprint density at radius 2 is 2.15 bits per heavy atom. The van der Waals surface area contributed by atoms with Crippen molar-refractivity contribution in [3.05, 3.63) is 12.7 Å². The van der Waals surface area contributed by atoms with Crippen molar-refractivity contribution in [3.63, 3.8) is 0 Å². The predicted octanol–water partition coefficient (Wildman–Crippen LogP) is 2.14. The van der Waals surface area contributed by atoms with Crippen molar-refractivity contribution < 1.29 is 14.3 Å². The molecule has 0 aromatic carbocycles. The van der Waals surface area contributed by atoms with E-state index in [0.29, 0.717) is 6.54 Å². The van der Waals surface area contributed by atoms with Crippen LogP contribution in [0, 0.1) is 17.8 Å². The number of unbranched alkanes of at least 4 members (excludes halogenated alkanes) is 2. The molecule has 2 heterocycles. The van der Waals surface area contributed by atoms with Gasteiger partial charge in [0.15, 0.2) is 0 Å². The van der Waals surface area contributed by atoms with Gasteiger partial charge in [0.25, 0.3) is 0 Å². The molecule has 0 bridgehead atoms. The zero-order chi connectivity index (χ0) is 14.3. The van der Waals surface area contributed by atoms with Crippen molar-refractivity contribution in [2.75, 3.05) is 6.54 Å². The highest BCUT2D eigenvalue weighted by Gasteiger charge is 2.62. The lowest BCUT2D eigenvalue weighted by molar-refractivity contribution is -0.139. The van der Waals surface area contributed by atoms with E-state index in [1.54, 1.807) is 6.08 Å². The molecule has 2 aliphatic heterocycles. The fraction of sp³-hybridized carbons (Fsp3) is 0.750. The number of hydrogen-bond donors (Lipinski definition) is 0. The van der Waals surface area contributed by atoms with Crippen molar-refractivity contribution in [2.24, 2.45) is 17.8 Å². The van der Waals surface area contributed by atoms with Crippen LogP contribution in [-0.2, 0) is 14.3 Å². The van der Waals surface area contributed by atoms with Crippen molar-refractivity contribution in [3.8, 4) is 0 Å². The minimum atomic E-state index is -0.141. The smallest absolute Gasteiger partial charge is 0.233 e. The van der Waals surface area contributed by atoms with Gasteiger partial charge in [-0.2, -0.15) is 0 Å². The molecular formula is C16H23NO3. The molecule has 3 aliphatic rings. The van der Waals surface area contributed by atoms with E-state index in [0.717, 1.165) is 19.3 Å². The molecule has 4 heteroatoms. The summed E-state index contributed by atoms with van der Waals surface area (Å²) >= 11 is 0. The molecule has 110 valence electrons. The topological polar surface area (TPSA) is 49.9 Å². The summed E-state index contributed by atoms with van der Waals surface area (Å²) in [5.41, 5.74) is 0. The molecule has 4 nitrogen and oxygen atoms in total. The van der Waals surface area contributed by atoms with Gasteiger partial charge in [0, 0.05) is 12.5 Å². The van der Waals surface area contributed by atoms with Crippen LogP contribution in [-0.4, -0.2) is 35.5 Å². The van der Waals surface area contributed by atoms with Gasteiger partial charge in [0.2, 0.25) is 11.8 Å². The molecule has 5 unspecified atom stereocenters. The molecule has 0 spiro atoms. The summed E-state index contributed by atoms with van der Waals surface area (Å²) in [4.78, 5) is 26.3. The van der Waals surface area contributed by atoms with Crippen molar-refractivity contribution in [2.45, 2.75) is 51.2 Å². The molecule has 20 heavy (non-hydrogen) atoms. The molecule has 0 N–H and O–H groups in total. The van der Waals surface area contributed by atoms with Crippen molar-refractivity contribution in [1.29, 1.82) is 0 Å². The first-order chi connectivity index (χ1) is 9.69. The number of nitrogens with zero attached hydrogens (tertiary/aromatic N) is 1. The van der Waals surface area contributed by atoms with Crippen LogP contribution in [0.4, 0.5) is 0 Å². The molecular weight excluding hydrogens is 254 g/mol. The molecule has 2 amide bonds. The van der Waals surface area contributed by atoms with Crippen LogP contribution in [0.3, 0.4) is 0 Å². The number of carbonyl (C=O) groups is 2. The number of carbonyl (C=O) groups excluding carboxylic acids is 2. The first-order valence-corrected chi connectivity index (χ1v) is 7.80. The summed E-state index contributed by atoms with van der Waals surface area (Å²) in [5.74, 6) is -0.0258. The van der Waals surface area contributed by atoms with E-state index in [2.05, 4.69) is 13.5 Å². The van der Waals surface area contributed by atoms with E-state index in [1.807, 2.05) is 0 Å². The van der Waals surface area contributed by atoms with Gasteiger partial charge in [-0.15, -0.1) is 6.58 Å². The highest BCUT2D eigenvalue weighted by atomic mass is 16.6. The summed E-state index contributed by atoms with van der Waals surface area (Å²) in [7, 11) is 0. The van der Waals surface area contributed by atoms with Gasteiger partial charge >= 0.3 is 0 Å². The van der Waals surface area contributed by atoms with E-state index >= 15 is 0 Å². The zero-order valence-electron chi connectivity index (χ0n) is 12.1. The third kappa shape index (κ3) is 2.10. The quantitative estimate of drug-likeness (QED) is 0.323. The number of likely N-dealkylation sites (tertiary alicyclic amines) is 1. The maximum atomic E-state index is 12.5. The number of fused-ring (bicyclic) bond motifs is 2. The second-order valence-corrected chi connectivity index (χ2v) is 6.24. The fourth-order valence-corrected chi connectivity index (χ4v) is 4.00. The van der Waals surface area contributed by atoms with Crippen LogP contribution >= 0.6 is 0 Å². The monoisotopic (exact) mass is 277 g/mol. The zero-order valence-corrected chi connectivity index (χ0v) is 12.1. The summed E-state index contributed by atoms with van der Waals surface area (Å²) in [6.07, 6.45) is 7.32. The lowest BCUT2D eigenvalue weighted by atomic mass is 9.71. The number of hydrogen-bond acceptors (Lipinski definition) is 3. The lowest BCUT2D eigenvalue weighted by Gasteiger charge is -2.27. The van der Waals surface area contributed by atoms with E-state index in [9.17, 15) is 9.59 Å². The molecule has 0 aromatic heterocycles. The third-order valence-electron chi connectivity index (χ3n) is 5.01. The van der Waals surface area contributed by atoms with Gasteiger partial charge in [-0.3, -0.25) is 14.5 Å². The molecule has 1 aliphatic carbocycles. The molecule has 3 rings (SSSR count). The van der Waals surface area contributed by atoms with Crippen LogP contribution < -0.4 is 0 Å². The van der Waals surface area contributed by atoms with Crippen LogP contribution in [0.25, 0.3) is 0 Å². The maximum absolute atomic E-state index is 12.5. The molecule has 2 saturated heterocycles. The molecule has 1 saturated carbocycles. The van der Waals surface area contributed by atoms with Gasteiger partial charge < -0.3 is 4.74 Å². The largest absolute Gasteiger partial charge is 0.369 e. The number of imide groups is 1. The van der Waals surface area contributed by atoms with E-state index in [-0.39, 0.29) is 41.8 Å². The van der Waals surface area contributed by atoms with Gasteiger partial charge in [-0.05, 0) is 12.8 Å². The van der Waals surface area contributed by atoms with Gasteiger partial charge in [0.1, 0.15) is 0 Å². The minimum absolute atomic E-state index is 0.00524. The van der Waals surface area contributed by atoms with Crippen LogP contribution in [0.2, 0.25) is 0 Å². The Morgan fingerprint density at radius 3 is 2.85 bits per heavy atom. The number of epoxide rings is 1. The minimum Gasteiger partial charge on any atom is -0.369 e. The average Bonchev–Trinajstić information content (AvgIpc) is 3.17. The fourth-order valence-electron chi connectivity index (χ4n) is 4.00. The Morgan fingerprint density at radius 1 is 1.35 bits per heavy atom. The van der Waals surface area contributed by atoms with Crippen LogP contribution in [0.5, 0.6) is 0 Å². The van der Waals surface area contributed by atoms with Gasteiger partial charge in [-0.1, -0.05) is 32.3 Å². The standard InChI is InChI=1S/C16H23NO3/c1-3-5-6-7-10-13-11(9-12-14(10)20-12)15(18)17(8-4-2)16(13)19/h4,10-14H,2-3,5-9H2,1H3. The number of amides is 2. The Bertz CT molecular complexity index is 433. The molecule has 0 aromatic rings. The third-order valence-corrected chi connectivity index (χ3v) is 5.01. The summed E-state index contributed by atoms with van der Waals surface area (Å²) in [5, 5.41) is 0. The second kappa shape index (κ2) is 5.32. The highest BCUT2D eigenvalue weighted by Crippen LogP contribution is 2.52. The SMILES string of the molecule is C=CCN1C(=O)C2CC3OC3C(CCCCC)C2C1=O. The summed E-state index contributed by atoms with van der Waals surface area (Å²) in [6.45, 7) is 6.17. The maximum Gasteiger partial charge on any atom is 0.233 e. The first kappa shape index (κ1) is 13.8. The van der Waals surface area contributed by atoms with E-state index in [1.165, 1.54) is 17.7 Å². The first-order valence-electron chi connectivity index (χ1n) is 7.80. The normalized spacial score (nSPS) is 38.6. The average molecular weight is 277 g/mol. The summed E-state index contributed by atoms with van der Waals surface area (Å²) < 4.78 is 5.71. The van der Waals surface area contributed by atoms with Crippen molar-refractivity contribution in [1.82, 2.24) is 4.90 Å². The Balaban J connectivity index is 1.76. The van der Waals surface area contributed by atoms with Gasteiger partial charge in [-0.25, -0.2) is 0 Å². The molecule has 3 fully saturated rings. The van der Waals surface area contributed by atoms with Gasteiger partial charge in [0.05, 0.1) is 24.0 Å². The second-order valence-electron chi connectivity index (χ2n) is 6.24. The van der Waals surface area contributed by atoms with E-state index in [4.69, 9.17) is 4.74 Å².